The van der Waals surface area contributed by atoms with Crippen LogP contribution in [0.15, 0.2) is 83.3 Å². The van der Waals surface area contributed by atoms with Crippen LogP contribution in [0.1, 0.15) is 36.1 Å². The molecule has 1 saturated carbocycles. The fourth-order valence-electron chi connectivity index (χ4n) is 4.55. The number of fused-ring (bicyclic) bond motifs is 1. The number of ketones is 1. The zero-order valence-corrected chi connectivity index (χ0v) is 18.7. The van der Waals surface area contributed by atoms with E-state index in [2.05, 4.69) is 26.6 Å². The summed E-state index contributed by atoms with van der Waals surface area (Å²) in [5.74, 6) is 2.15. The normalized spacial score (nSPS) is 18.5. The standard InChI is InChI=1S/C26H23BrN2O2/c27-22-11-5-4-10-20(22)21-16-18(17-25(21)30)26-28-23-12-6-7-13-24(23)29(26)14-15-31-19-8-2-1-3-9-19/h1-13,18,21H,14-17H2/t18-,21?/m0/s1. The number of carbonyl (C=O) groups excluding carboxylic acids is 1. The minimum atomic E-state index is -0.0885. The highest BCUT2D eigenvalue weighted by Gasteiger charge is 2.37. The molecule has 0 amide bonds. The summed E-state index contributed by atoms with van der Waals surface area (Å²) in [7, 11) is 0. The zero-order chi connectivity index (χ0) is 21.2. The molecule has 5 rings (SSSR count). The number of benzene rings is 3. The Morgan fingerprint density at radius 3 is 2.55 bits per heavy atom. The molecule has 0 N–H and O–H groups in total. The maximum Gasteiger partial charge on any atom is 0.141 e. The number of carbonyl (C=O) groups is 1. The van der Waals surface area contributed by atoms with Crippen molar-refractivity contribution in [2.24, 2.45) is 0 Å². The minimum Gasteiger partial charge on any atom is -0.492 e. The second-order valence-electron chi connectivity index (χ2n) is 7.95. The monoisotopic (exact) mass is 474 g/mol. The van der Waals surface area contributed by atoms with Gasteiger partial charge in [-0.05, 0) is 42.3 Å². The van der Waals surface area contributed by atoms with E-state index in [1.807, 2.05) is 72.8 Å². The van der Waals surface area contributed by atoms with Crippen LogP contribution in [0.5, 0.6) is 5.75 Å². The quantitative estimate of drug-likeness (QED) is 0.338. The van der Waals surface area contributed by atoms with E-state index in [1.165, 1.54) is 0 Å². The number of hydrogen-bond acceptors (Lipinski definition) is 3. The first-order valence-corrected chi connectivity index (χ1v) is 11.4. The number of aromatic nitrogens is 2. The number of nitrogens with zero attached hydrogens (tertiary/aromatic N) is 2. The van der Waals surface area contributed by atoms with E-state index in [-0.39, 0.29) is 17.6 Å². The van der Waals surface area contributed by atoms with Crippen molar-refractivity contribution in [3.8, 4) is 5.75 Å². The Kier molecular flexibility index (Phi) is 5.60. The molecule has 0 radical (unpaired) electrons. The summed E-state index contributed by atoms with van der Waals surface area (Å²) in [4.78, 5) is 17.9. The first-order chi connectivity index (χ1) is 15.2. The highest BCUT2D eigenvalue weighted by atomic mass is 79.9. The molecule has 3 aromatic carbocycles. The van der Waals surface area contributed by atoms with Crippen LogP contribution < -0.4 is 4.74 Å². The van der Waals surface area contributed by atoms with Crippen molar-refractivity contribution >= 4 is 32.7 Å². The molecule has 1 aliphatic carbocycles. The first kappa shape index (κ1) is 20.0. The van der Waals surface area contributed by atoms with Crippen LogP contribution >= 0.6 is 15.9 Å². The fraction of sp³-hybridized carbons (Fsp3) is 0.231. The molecule has 0 spiro atoms. The number of rotatable bonds is 6. The van der Waals surface area contributed by atoms with E-state index >= 15 is 0 Å². The molecule has 4 aromatic rings. The lowest BCUT2D eigenvalue weighted by atomic mass is 9.95. The molecule has 31 heavy (non-hydrogen) atoms. The lowest BCUT2D eigenvalue weighted by Gasteiger charge is -2.15. The van der Waals surface area contributed by atoms with Gasteiger partial charge in [0.05, 0.1) is 17.6 Å². The van der Waals surface area contributed by atoms with Crippen LogP contribution in [-0.2, 0) is 11.3 Å². The smallest absolute Gasteiger partial charge is 0.141 e. The van der Waals surface area contributed by atoms with Gasteiger partial charge in [-0.15, -0.1) is 0 Å². The average molecular weight is 475 g/mol. The van der Waals surface area contributed by atoms with Gasteiger partial charge in [0.1, 0.15) is 24.0 Å². The van der Waals surface area contributed by atoms with Gasteiger partial charge in [0, 0.05) is 22.7 Å². The van der Waals surface area contributed by atoms with Gasteiger partial charge in [-0.1, -0.05) is 64.5 Å². The molecule has 1 aromatic heterocycles. The molecule has 4 nitrogen and oxygen atoms in total. The summed E-state index contributed by atoms with van der Waals surface area (Å²) in [6.07, 6.45) is 1.30. The predicted molar refractivity (Wildman–Crippen MR) is 126 cm³/mol. The zero-order valence-electron chi connectivity index (χ0n) is 17.1. The van der Waals surface area contributed by atoms with Gasteiger partial charge in [0.25, 0.3) is 0 Å². The first-order valence-electron chi connectivity index (χ1n) is 10.6. The Bertz CT molecular complexity index is 1220. The summed E-state index contributed by atoms with van der Waals surface area (Å²) in [6.45, 7) is 1.24. The third-order valence-electron chi connectivity index (χ3n) is 6.01. The van der Waals surface area contributed by atoms with Gasteiger partial charge < -0.3 is 9.30 Å². The van der Waals surface area contributed by atoms with E-state index in [4.69, 9.17) is 9.72 Å². The van der Waals surface area contributed by atoms with E-state index in [9.17, 15) is 4.79 Å². The highest BCUT2D eigenvalue weighted by molar-refractivity contribution is 9.10. The molecule has 2 atom stereocenters. The molecular weight excluding hydrogens is 452 g/mol. The highest BCUT2D eigenvalue weighted by Crippen LogP contribution is 2.43. The van der Waals surface area contributed by atoms with Crippen molar-refractivity contribution in [3.05, 3.63) is 94.7 Å². The van der Waals surface area contributed by atoms with Gasteiger partial charge in [-0.3, -0.25) is 4.79 Å². The summed E-state index contributed by atoms with van der Waals surface area (Å²) in [5.41, 5.74) is 3.13. The number of imidazole rings is 1. The molecule has 0 bridgehead atoms. The topological polar surface area (TPSA) is 44.1 Å². The van der Waals surface area contributed by atoms with Crippen molar-refractivity contribution in [1.82, 2.24) is 9.55 Å². The van der Waals surface area contributed by atoms with Crippen molar-refractivity contribution in [1.29, 1.82) is 0 Å². The Balaban J connectivity index is 1.42. The molecule has 156 valence electrons. The van der Waals surface area contributed by atoms with Crippen molar-refractivity contribution in [3.63, 3.8) is 0 Å². The average Bonchev–Trinajstić information content (AvgIpc) is 3.35. The summed E-state index contributed by atoms with van der Waals surface area (Å²) < 4.78 is 9.19. The second kappa shape index (κ2) is 8.67. The van der Waals surface area contributed by atoms with Gasteiger partial charge in [-0.2, -0.15) is 0 Å². The number of Topliss-reactive ketones (excluding diaryl/α,β-unsaturated/α-hetero) is 1. The molecule has 1 heterocycles. The third kappa shape index (κ3) is 4.02. The van der Waals surface area contributed by atoms with Gasteiger partial charge in [0.15, 0.2) is 0 Å². The van der Waals surface area contributed by atoms with Crippen molar-refractivity contribution in [2.45, 2.75) is 31.2 Å². The molecule has 5 heteroatoms. The van der Waals surface area contributed by atoms with Gasteiger partial charge >= 0.3 is 0 Å². The molecule has 1 fully saturated rings. The number of ether oxygens (including phenoxy) is 1. The Morgan fingerprint density at radius 2 is 1.71 bits per heavy atom. The third-order valence-corrected chi connectivity index (χ3v) is 6.74. The van der Waals surface area contributed by atoms with Crippen LogP contribution in [0, 0.1) is 0 Å². The Hall–Kier alpha value is -2.92. The maximum atomic E-state index is 13.0. The van der Waals surface area contributed by atoms with E-state index in [1.54, 1.807) is 0 Å². The van der Waals surface area contributed by atoms with Crippen LogP contribution in [-0.4, -0.2) is 21.9 Å². The summed E-state index contributed by atoms with van der Waals surface area (Å²) >= 11 is 3.62. The number of hydrogen-bond donors (Lipinski definition) is 0. The second-order valence-corrected chi connectivity index (χ2v) is 8.80. The van der Waals surface area contributed by atoms with Crippen LogP contribution in [0.2, 0.25) is 0 Å². The van der Waals surface area contributed by atoms with E-state index in [0.29, 0.717) is 19.6 Å². The van der Waals surface area contributed by atoms with Gasteiger partial charge in [-0.25, -0.2) is 4.98 Å². The maximum absolute atomic E-state index is 13.0. The van der Waals surface area contributed by atoms with E-state index < -0.39 is 0 Å². The summed E-state index contributed by atoms with van der Waals surface area (Å²) in [5, 5.41) is 0. The Labute approximate surface area is 190 Å². The van der Waals surface area contributed by atoms with Crippen molar-refractivity contribution < 1.29 is 9.53 Å². The lowest BCUT2D eigenvalue weighted by Crippen LogP contribution is -2.13. The molecular formula is C26H23BrN2O2. The fourth-order valence-corrected chi connectivity index (χ4v) is 5.11. The molecule has 0 aliphatic heterocycles. The number of para-hydroxylation sites is 3. The van der Waals surface area contributed by atoms with Crippen LogP contribution in [0.3, 0.4) is 0 Å². The predicted octanol–water partition coefficient (Wildman–Crippen LogP) is 6.11. The molecule has 1 aliphatic rings. The van der Waals surface area contributed by atoms with Gasteiger partial charge in [0.2, 0.25) is 0 Å². The van der Waals surface area contributed by atoms with E-state index in [0.717, 1.165) is 39.1 Å². The number of halogens is 1. The van der Waals surface area contributed by atoms with Crippen molar-refractivity contribution in [2.75, 3.05) is 6.61 Å². The largest absolute Gasteiger partial charge is 0.492 e. The Morgan fingerprint density at radius 1 is 0.968 bits per heavy atom. The summed E-state index contributed by atoms with van der Waals surface area (Å²) in [6, 6.07) is 26.1. The SMILES string of the molecule is O=C1C[C@@H](c2nc3ccccc3n2CCOc2ccccc2)CC1c1ccccc1Br. The van der Waals surface area contributed by atoms with Crippen LogP contribution in [0.25, 0.3) is 11.0 Å². The molecule has 1 unspecified atom stereocenters. The lowest BCUT2D eigenvalue weighted by molar-refractivity contribution is -0.118. The minimum absolute atomic E-state index is 0.0885. The van der Waals surface area contributed by atoms with Crippen LogP contribution in [0.4, 0.5) is 0 Å². The molecule has 0 saturated heterocycles.